The summed E-state index contributed by atoms with van der Waals surface area (Å²) in [5, 5.41) is 14.3. The lowest BCUT2D eigenvalue weighted by molar-refractivity contribution is 0.107. The molecule has 0 radical (unpaired) electrons. The van der Waals surface area contributed by atoms with E-state index in [1.165, 1.54) is 17.4 Å². The summed E-state index contributed by atoms with van der Waals surface area (Å²) in [4.78, 5) is 0.643. The van der Waals surface area contributed by atoms with Crippen molar-refractivity contribution in [1.29, 1.82) is 0 Å². The largest absolute Gasteiger partial charge is 0.481 e. The Morgan fingerprint density at radius 2 is 1.85 bits per heavy atom. The molecule has 0 bridgehead atoms. The van der Waals surface area contributed by atoms with E-state index in [-0.39, 0.29) is 5.82 Å². The molecule has 0 aliphatic carbocycles. The van der Waals surface area contributed by atoms with Gasteiger partial charge < -0.3 is 4.74 Å². The maximum absolute atomic E-state index is 13.9. The molecule has 138 valence electrons. The van der Waals surface area contributed by atoms with Crippen molar-refractivity contribution < 1.29 is 9.13 Å². The highest BCUT2D eigenvalue weighted by molar-refractivity contribution is 7.16. The van der Waals surface area contributed by atoms with Crippen LogP contribution in [0.1, 0.15) is 30.2 Å². The molecule has 0 saturated heterocycles. The third-order valence-corrected chi connectivity index (χ3v) is 5.52. The second kappa shape index (κ2) is 6.90. The first-order valence-corrected chi connectivity index (χ1v) is 9.51. The van der Waals surface area contributed by atoms with Gasteiger partial charge in [-0.1, -0.05) is 41.1 Å². The highest BCUT2D eigenvalue weighted by Gasteiger charge is 2.29. The van der Waals surface area contributed by atoms with Crippen molar-refractivity contribution in [2.45, 2.75) is 25.9 Å². The van der Waals surface area contributed by atoms with Gasteiger partial charge in [-0.25, -0.2) is 4.39 Å². The molecule has 5 nitrogen and oxygen atoms in total. The lowest BCUT2D eigenvalue weighted by atomic mass is 10.1. The normalized spacial score (nSPS) is 11.9. The molecule has 2 aromatic heterocycles. The first kappa shape index (κ1) is 17.9. The van der Waals surface area contributed by atoms with Gasteiger partial charge >= 0.3 is 0 Å². The fraction of sp³-hybridized carbons (Fsp3) is 0.211. The summed E-state index contributed by atoms with van der Waals surface area (Å²) in [6.07, 6.45) is 0.315. The van der Waals surface area contributed by atoms with E-state index in [4.69, 9.17) is 16.3 Å². The lowest BCUT2D eigenvalue weighted by Crippen LogP contribution is -2.25. The minimum atomic E-state index is -0.672. The summed E-state index contributed by atoms with van der Waals surface area (Å²) in [5.74, 6) is 1.01. The zero-order chi connectivity index (χ0) is 19.0. The van der Waals surface area contributed by atoms with E-state index in [1.807, 2.05) is 26.0 Å². The molecule has 0 N–H and O–H groups in total. The van der Waals surface area contributed by atoms with Crippen LogP contribution in [0.4, 0.5) is 4.39 Å². The molecule has 4 aromatic rings. The minimum absolute atomic E-state index is 0.267. The molecule has 0 fully saturated rings. The average molecular weight is 403 g/mol. The van der Waals surface area contributed by atoms with Crippen LogP contribution in [0.2, 0.25) is 5.02 Å². The van der Waals surface area contributed by atoms with Gasteiger partial charge in [0, 0.05) is 11.4 Å². The average Bonchev–Trinajstić information content (AvgIpc) is 3.21. The number of hydrogen-bond acceptors (Lipinski definition) is 5. The Morgan fingerprint density at radius 1 is 1.11 bits per heavy atom. The summed E-state index contributed by atoms with van der Waals surface area (Å²) in [5.41, 5.74) is -0.118. The van der Waals surface area contributed by atoms with Crippen LogP contribution in [0, 0.1) is 5.82 Å². The van der Waals surface area contributed by atoms with Gasteiger partial charge in [-0.3, -0.25) is 0 Å². The number of ether oxygens (including phenoxy) is 1. The molecule has 0 aliphatic rings. The van der Waals surface area contributed by atoms with E-state index in [2.05, 4.69) is 15.3 Å². The van der Waals surface area contributed by atoms with Crippen molar-refractivity contribution in [3.05, 3.63) is 75.8 Å². The summed E-state index contributed by atoms with van der Waals surface area (Å²) >= 11 is 7.32. The van der Waals surface area contributed by atoms with Crippen molar-refractivity contribution in [2.75, 3.05) is 0 Å². The number of aromatic nitrogens is 4. The molecule has 0 atom stereocenters. The summed E-state index contributed by atoms with van der Waals surface area (Å²) in [6, 6.07) is 13.8. The molecule has 0 aliphatic heterocycles. The van der Waals surface area contributed by atoms with Gasteiger partial charge in [0.2, 0.25) is 4.96 Å². The minimum Gasteiger partial charge on any atom is -0.481 e. The van der Waals surface area contributed by atoms with E-state index in [0.29, 0.717) is 33.5 Å². The van der Waals surface area contributed by atoms with Crippen molar-refractivity contribution >= 4 is 27.9 Å². The molecule has 2 heterocycles. The zero-order valence-corrected chi connectivity index (χ0v) is 16.3. The highest BCUT2D eigenvalue weighted by atomic mass is 35.5. The van der Waals surface area contributed by atoms with Crippen molar-refractivity contribution in [3.8, 4) is 5.75 Å². The van der Waals surface area contributed by atoms with Crippen LogP contribution in [0.5, 0.6) is 5.75 Å². The lowest BCUT2D eigenvalue weighted by Gasteiger charge is -2.23. The topological polar surface area (TPSA) is 52.3 Å². The molecule has 0 unspecified atom stereocenters. The molecule has 8 heteroatoms. The number of benzene rings is 2. The quantitative estimate of drug-likeness (QED) is 0.477. The highest BCUT2D eigenvalue weighted by Crippen LogP contribution is 2.31. The second-order valence-electron chi connectivity index (χ2n) is 6.55. The van der Waals surface area contributed by atoms with Gasteiger partial charge in [-0.2, -0.15) is 9.61 Å². The van der Waals surface area contributed by atoms with Gasteiger partial charge in [0.15, 0.2) is 16.4 Å². The molecule has 0 spiro atoms. The second-order valence-corrected chi connectivity index (χ2v) is 7.94. The van der Waals surface area contributed by atoms with Crippen LogP contribution < -0.4 is 4.74 Å². The number of rotatable bonds is 5. The number of hydrogen-bond donors (Lipinski definition) is 0. The Hall–Kier alpha value is -2.51. The zero-order valence-electron chi connectivity index (χ0n) is 14.7. The van der Waals surface area contributed by atoms with Crippen molar-refractivity contribution in [3.63, 3.8) is 0 Å². The Bertz CT molecular complexity index is 1090. The summed E-state index contributed by atoms with van der Waals surface area (Å²) < 4.78 is 21.7. The van der Waals surface area contributed by atoms with E-state index >= 15 is 0 Å². The van der Waals surface area contributed by atoms with Crippen LogP contribution in [-0.4, -0.2) is 19.8 Å². The smallest absolute Gasteiger partial charge is 0.234 e. The summed E-state index contributed by atoms with van der Waals surface area (Å²) in [6.45, 7) is 3.87. The van der Waals surface area contributed by atoms with E-state index in [0.717, 1.165) is 5.01 Å². The van der Waals surface area contributed by atoms with Crippen LogP contribution in [0.25, 0.3) is 4.96 Å². The Morgan fingerprint density at radius 3 is 2.59 bits per heavy atom. The third kappa shape index (κ3) is 3.65. The van der Waals surface area contributed by atoms with Crippen LogP contribution in [0.15, 0.2) is 48.5 Å². The Kier molecular flexibility index (Phi) is 4.57. The van der Waals surface area contributed by atoms with Crippen LogP contribution in [0.3, 0.4) is 0 Å². The van der Waals surface area contributed by atoms with Gasteiger partial charge in [-0.05, 0) is 49.7 Å². The number of fused-ring (bicyclic) bond motifs is 1. The Balaban J connectivity index is 1.62. The SMILES string of the molecule is CC(C)(Oc1ccc(Cl)cc1)c1nn2c(Cc3ccccc3F)nnc2s1. The Labute approximate surface area is 164 Å². The summed E-state index contributed by atoms with van der Waals surface area (Å²) in [7, 11) is 0. The van der Waals surface area contributed by atoms with Gasteiger partial charge in [-0.15, -0.1) is 10.2 Å². The van der Waals surface area contributed by atoms with Crippen LogP contribution >= 0.6 is 22.9 Å². The van der Waals surface area contributed by atoms with Crippen molar-refractivity contribution in [2.24, 2.45) is 0 Å². The molecule has 0 saturated carbocycles. The van der Waals surface area contributed by atoms with Crippen LogP contribution in [-0.2, 0) is 12.0 Å². The number of halogens is 2. The molecule has 2 aromatic carbocycles. The monoisotopic (exact) mass is 402 g/mol. The van der Waals surface area contributed by atoms with E-state index in [1.54, 1.807) is 34.8 Å². The standard InChI is InChI=1S/C19H16ClFN4OS/c1-19(2,26-14-9-7-13(20)8-10-14)17-24-25-16(22-23-18(25)27-17)11-12-5-3-4-6-15(12)21/h3-10H,11H2,1-2H3. The van der Waals surface area contributed by atoms with Gasteiger partial charge in [0.1, 0.15) is 11.6 Å². The van der Waals surface area contributed by atoms with E-state index < -0.39 is 5.60 Å². The first-order chi connectivity index (χ1) is 12.9. The first-order valence-electron chi connectivity index (χ1n) is 8.32. The molecule has 0 amide bonds. The predicted octanol–water partition coefficient (Wildman–Crippen LogP) is 4.88. The van der Waals surface area contributed by atoms with Crippen molar-refractivity contribution in [1.82, 2.24) is 19.8 Å². The maximum Gasteiger partial charge on any atom is 0.234 e. The maximum atomic E-state index is 13.9. The van der Waals surface area contributed by atoms with Gasteiger partial charge in [0.25, 0.3) is 0 Å². The fourth-order valence-corrected chi connectivity index (χ4v) is 3.69. The molecular formula is C19H16ClFN4OS. The van der Waals surface area contributed by atoms with Gasteiger partial charge in [0.05, 0.1) is 0 Å². The predicted molar refractivity (Wildman–Crippen MR) is 103 cm³/mol. The van der Waals surface area contributed by atoms with E-state index in [9.17, 15) is 4.39 Å². The third-order valence-electron chi connectivity index (χ3n) is 4.06. The molecule has 4 rings (SSSR count). The fourth-order valence-electron chi connectivity index (χ4n) is 2.66. The number of nitrogens with zero attached hydrogens (tertiary/aromatic N) is 4. The molecule has 27 heavy (non-hydrogen) atoms. The molecular weight excluding hydrogens is 387 g/mol.